The Morgan fingerprint density at radius 3 is 2.84 bits per heavy atom. The molecule has 0 aliphatic heterocycles. The molecule has 0 spiro atoms. The van der Waals surface area contributed by atoms with E-state index in [4.69, 9.17) is 11.0 Å². The molecule has 1 aromatic carbocycles. The van der Waals surface area contributed by atoms with Gasteiger partial charge < -0.3 is 11.1 Å². The van der Waals surface area contributed by atoms with Gasteiger partial charge in [0.25, 0.3) is 0 Å². The molecule has 0 saturated carbocycles. The van der Waals surface area contributed by atoms with Gasteiger partial charge in [0.05, 0.1) is 17.3 Å². The van der Waals surface area contributed by atoms with Crippen molar-refractivity contribution in [1.29, 1.82) is 5.26 Å². The van der Waals surface area contributed by atoms with Gasteiger partial charge in [0.15, 0.2) is 5.78 Å². The second-order valence-corrected chi connectivity index (χ2v) is 5.84. The van der Waals surface area contributed by atoms with Crippen LogP contribution in [0.5, 0.6) is 0 Å². The molecule has 0 amide bonds. The fourth-order valence-corrected chi connectivity index (χ4v) is 2.88. The van der Waals surface area contributed by atoms with E-state index in [1.165, 1.54) is 6.20 Å². The van der Waals surface area contributed by atoms with E-state index in [1.807, 2.05) is 12.1 Å². The molecule has 1 heterocycles. The van der Waals surface area contributed by atoms with Crippen LogP contribution < -0.4 is 11.1 Å². The van der Waals surface area contributed by atoms with Crippen molar-refractivity contribution >= 4 is 11.5 Å². The van der Waals surface area contributed by atoms with Crippen molar-refractivity contribution in [3.05, 3.63) is 70.7 Å². The first-order valence-corrected chi connectivity index (χ1v) is 7.92. The normalized spacial score (nSPS) is 15.2. The van der Waals surface area contributed by atoms with Crippen LogP contribution in [-0.4, -0.2) is 10.8 Å². The van der Waals surface area contributed by atoms with Gasteiger partial charge in [-0.15, -0.1) is 0 Å². The molecule has 1 aromatic heterocycles. The van der Waals surface area contributed by atoms with Crippen LogP contribution in [0.4, 0.5) is 10.1 Å². The first kappa shape index (κ1) is 16.8. The summed E-state index contributed by atoms with van der Waals surface area (Å²) < 4.78 is 12.8. The quantitative estimate of drug-likeness (QED) is 0.875. The van der Waals surface area contributed by atoms with Crippen LogP contribution >= 0.6 is 0 Å². The van der Waals surface area contributed by atoms with E-state index in [2.05, 4.69) is 10.3 Å². The number of halogens is 1. The van der Waals surface area contributed by atoms with E-state index < -0.39 is 12.7 Å². The maximum absolute atomic E-state index is 12.8. The Balaban J connectivity index is 1.90. The van der Waals surface area contributed by atoms with Gasteiger partial charge in [-0.25, -0.2) is 4.39 Å². The molecule has 3 N–H and O–H groups in total. The second-order valence-electron chi connectivity index (χ2n) is 5.84. The third-order valence-corrected chi connectivity index (χ3v) is 4.15. The highest BCUT2D eigenvalue weighted by Crippen LogP contribution is 2.32. The Labute approximate surface area is 145 Å². The van der Waals surface area contributed by atoms with Gasteiger partial charge in [0.1, 0.15) is 12.7 Å². The molecule has 1 atom stereocenters. The lowest BCUT2D eigenvalue weighted by molar-refractivity contribution is -0.115. The van der Waals surface area contributed by atoms with Crippen LogP contribution in [0.25, 0.3) is 0 Å². The van der Waals surface area contributed by atoms with E-state index in [0.717, 1.165) is 11.4 Å². The minimum atomic E-state index is -0.672. The number of rotatable bonds is 5. The van der Waals surface area contributed by atoms with Crippen molar-refractivity contribution in [2.75, 3.05) is 5.32 Å². The van der Waals surface area contributed by atoms with Crippen LogP contribution in [0.3, 0.4) is 0 Å². The van der Waals surface area contributed by atoms with Gasteiger partial charge in [-0.3, -0.25) is 9.78 Å². The number of anilines is 1. The summed E-state index contributed by atoms with van der Waals surface area (Å²) in [5.74, 6) is -0.0252. The Bertz CT molecular complexity index is 868. The highest BCUT2D eigenvalue weighted by molar-refractivity contribution is 6.00. The van der Waals surface area contributed by atoms with Crippen molar-refractivity contribution < 1.29 is 9.18 Å². The van der Waals surface area contributed by atoms with Crippen LogP contribution in [0.15, 0.2) is 53.9 Å². The highest BCUT2D eigenvalue weighted by atomic mass is 19.1. The molecule has 0 fully saturated rings. The third-order valence-electron chi connectivity index (χ3n) is 4.15. The average molecular weight is 336 g/mol. The van der Waals surface area contributed by atoms with Gasteiger partial charge >= 0.3 is 0 Å². The largest absolute Gasteiger partial charge is 0.358 e. The zero-order valence-corrected chi connectivity index (χ0v) is 13.5. The molecule has 0 saturated heterocycles. The molecule has 126 valence electrons. The predicted octanol–water partition coefficient (Wildman–Crippen LogP) is 3.15. The summed E-state index contributed by atoms with van der Waals surface area (Å²) >= 11 is 0. The van der Waals surface area contributed by atoms with Gasteiger partial charge in [-0.1, -0.05) is 12.1 Å². The van der Waals surface area contributed by atoms with Crippen LogP contribution in [0.2, 0.25) is 0 Å². The summed E-state index contributed by atoms with van der Waals surface area (Å²) in [7, 11) is 0. The molecule has 2 aromatic rings. The topological polar surface area (TPSA) is 91.8 Å². The van der Waals surface area contributed by atoms with Crippen molar-refractivity contribution in [1.82, 2.24) is 4.98 Å². The van der Waals surface area contributed by atoms with Gasteiger partial charge in [-0.05, 0) is 36.2 Å². The van der Waals surface area contributed by atoms with Crippen LogP contribution in [-0.2, 0) is 11.5 Å². The number of ketones is 1. The molecule has 1 unspecified atom stereocenters. The lowest BCUT2D eigenvalue weighted by atomic mass is 10.0. The molecule has 3 rings (SSSR count). The molecule has 0 radical (unpaired) electrons. The van der Waals surface area contributed by atoms with Crippen molar-refractivity contribution in [3.8, 4) is 6.07 Å². The summed E-state index contributed by atoms with van der Waals surface area (Å²) in [4.78, 5) is 16.5. The number of allylic oxidation sites excluding steroid dienone is 1. The van der Waals surface area contributed by atoms with E-state index in [1.54, 1.807) is 30.3 Å². The predicted molar refractivity (Wildman–Crippen MR) is 92.0 cm³/mol. The molecule has 0 bridgehead atoms. The number of nitriles is 1. The number of pyridine rings is 1. The lowest BCUT2D eigenvalue weighted by Gasteiger charge is -2.16. The number of carbonyl (C=O) groups is 1. The number of carbonyl (C=O) groups excluding carboxylic acids is 1. The van der Waals surface area contributed by atoms with Gasteiger partial charge in [-0.2, -0.15) is 5.26 Å². The summed E-state index contributed by atoms with van der Waals surface area (Å²) in [6.45, 7) is -0.547. The second kappa shape index (κ2) is 7.24. The Morgan fingerprint density at radius 2 is 2.16 bits per heavy atom. The number of nitrogens with two attached hydrogens (primary N) is 1. The van der Waals surface area contributed by atoms with Crippen LogP contribution in [0.1, 0.15) is 35.7 Å². The van der Waals surface area contributed by atoms with Gasteiger partial charge in [0.2, 0.25) is 0 Å². The van der Waals surface area contributed by atoms with Crippen molar-refractivity contribution in [3.63, 3.8) is 0 Å². The third kappa shape index (κ3) is 3.57. The maximum Gasteiger partial charge on any atom is 0.162 e. The molecular weight excluding hydrogens is 319 g/mol. The van der Waals surface area contributed by atoms with E-state index in [-0.39, 0.29) is 5.78 Å². The summed E-state index contributed by atoms with van der Waals surface area (Å²) in [5.41, 5.74) is 9.73. The molecule has 6 heteroatoms. The Kier molecular flexibility index (Phi) is 4.87. The number of benzene rings is 1. The number of alkyl halides is 1. The number of nitrogens with zero attached hydrogens (tertiary/aromatic N) is 2. The molecule has 5 nitrogen and oxygen atoms in total. The first-order chi connectivity index (χ1) is 12.1. The number of Topliss-reactive ketones (excluding diaryl/α,β-unsaturated/α-hetero) is 1. The van der Waals surface area contributed by atoms with E-state index in [0.29, 0.717) is 35.2 Å². The van der Waals surface area contributed by atoms with Crippen molar-refractivity contribution in [2.24, 2.45) is 5.73 Å². The monoisotopic (exact) mass is 336 g/mol. The molecule has 1 aliphatic rings. The smallest absolute Gasteiger partial charge is 0.162 e. The molecular formula is C19H17FN4O. The zero-order chi connectivity index (χ0) is 17.8. The number of hydrogen-bond acceptors (Lipinski definition) is 5. The average Bonchev–Trinajstić information content (AvgIpc) is 3.01. The summed E-state index contributed by atoms with van der Waals surface area (Å²) in [6.07, 6.45) is 2.37. The zero-order valence-electron chi connectivity index (χ0n) is 13.5. The fourth-order valence-electron chi connectivity index (χ4n) is 2.88. The lowest BCUT2D eigenvalue weighted by Crippen LogP contribution is -2.20. The molecule has 25 heavy (non-hydrogen) atoms. The standard InChI is InChI=1S/C19H17FN4O/c20-9-12-2-1-3-14(8-12)24-15-6-7-17(25)18(15)19(22)16-5-4-13(10-21)11-23-16/h1-5,8,11,19,24H,6-7,9,22H2. The number of nitrogens with one attached hydrogen (secondary N) is 1. The number of hydrogen-bond donors (Lipinski definition) is 2. The minimum Gasteiger partial charge on any atom is -0.358 e. The Hall–Kier alpha value is -3.04. The molecule has 1 aliphatic carbocycles. The first-order valence-electron chi connectivity index (χ1n) is 7.92. The van der Waals surface area contributed by atoms with Crippen molar-refractivity contribution in [2.45, 2.75) is 25.6 Å². The van der Waals surface area contributed by atoms with Crippen LogP contribution in [0, 0.1) is 11.3 Å². The summed E-state index contributed by atoms with van der Waals surface area (Å²) in [5, 5.41) is 12.0. The van der Waals surface area contributed by atoms with E-state index >= 15 is 0 Å². The highest BCUT2D eigenvalue weighted by Gasteiger charge is 2.29. The van der Waals surface area contributed by atoms with Gasteiger partial charge in [0, 0.05) is 29.6 Å². The SMILES string of the molecule is N#Cc1ccc(C(N)C2=C(Nc3cccc(CF)c3)CCC2=O)nc1. The maximum atomic E-state index is 12.8. The fraction of sp³-hybridized carbons (Fsp3) is 0.211. The Morgan fingerprint density at radius 1 is 1.32 bits per heavy atom. The summed E-state index contributed by atoms with van der Waals surface area (Å²) in [6, 6.07) is 11.6. The number of aromatic nitrogens is 1. The van der Waals surface area contributed by atoms with E-state index in [9.17, 15) is 9.18 Å². The minimum absolute atomic E-state index is 0.0252.